The molecule has 0 fully saturated rings. The van der Waals surface area contributed by atoms with E-state index >= 15 is 0 Å². The molecule has 0 saturated heterocycles. The number of rotatable bonds is 4. The Balaban J connectivity index is 4.33. The Labute approximate surface area is 74.4 Å². The second-order valence-corrected chi connectivity index (χ2v) is 2.63. The van der Waals surface area contributed by atoms with Crippen LogP contribution in [-0.4, -0.2) is 12.6 Å². The van der Waals surface area contributed by atoms with Crippen LogP contribution in [0.1, 0.15) is 20.8 Å². The summed E-state index contributed by atoms with van der Waals surface area (Å²) in [7, 11) is 0. The van der Waals surface area contributed by atoms with Gasteiger partial charge >= 0.3 is 0 Å². The van der Waals surface area contributed by atoms with Crippen molar-refractivity contribution in [2.24, 2.45) is 15.9 Å². The predicted octanol–water partition coefficient (Wildman–Crippen LogP) is 2.83. The minimum Gasteiger partial charge on any atom is -0.250 e. The van der Waals surface area contributed by atoms with Gasteiger partial charge in [0, 0.05) is 11.9 Å². The maximum atomic E-state index is 4.17. The SMILES string of the molecule is C=C/C=C(\N=CN=CC)C(C)C. The molecule has 0 saturated carbocycles. The van der Waals surface area contributed by atoms with E-state index in [1.165, 1.54) is 0 Å². The van der Waals surface area contributed by atoms with Gasteiger partial charge < -0.3 is 0 Å². The molecule has 0 rings (SSSR count). The van der Waals surface area contributed by atoms with Gasteiger partial charge in [-0.25, -0.2) is 9.98 Å². The first-order chi connectivity index (χ1) is 5.72. The predicted molar refractivity (Wildman–Crippen MR) is 55.8 cm³/mol. The number of allylic oxidation sites excluding steroid dienone is 3. The molecule has 12 heavy (non-hydrogen) atoms. The van der Waals surface area contributed by atoms with Crippen LogP contribution in [0, 0.1) is 5.92 Å². The lowest BCUT2D eigenvalue weighted by Crippen LogP contribution is -1.90. The Hall–Kier alpha value is -1.18. The highest BCUT2D eigenvalue weighted by Gasteiger charge is 1.97. The number of aliphatic imine (C=N–C) groups is 2. The summed E-state index contributed by atoms with van der Waals surface area (Å²) < 4.78 is 0. The molecule has 0 aromatic rings. The highest BCUT2D eigenvalue weighted by molar-refractivity contribution is 5.71. The van der Waals surface area contributed by atoms with Crippen LogP contribution >= 0.6 is 0 Å². The van der Waals surface area contributed by atoms with Crippen molar-refractivity contribution in [2.45, 2.75) is 20.8 Å². The standard InChI is InChI=1S/C10H16N2/c1-5-7-10(9(3)4)12-8-11-6-2/h5-9H,1H2,2-4H3/b10-7-,11-6?,12-8?. The normalized spacial score (nSPS) is 13.5. The van der Waals surface area contributed by atoms with Crippen LogP contribution in [0.25, 0.3) is 0 Å². The number of nitrogens with zero attached hydrogens (tertiary/aromatic N) is 2. The molecule has 0 bridgehead atoms. The second-order valence-electron chi connectivity index (χ2n) is 2.63. The zero-order valence-corrected chi connectivity index (χ0v) is 7.99. The monoisotopic (exact) mass is 164 g/mol. The van der Waals surface area contributed by atoms with Crippen molar-refractivity contribution in [1.29, 1.82) is 0 Å². The van der Waals surface area contributed by atoms with Crippen LogP contribution in [0.2, 0.25) is 0 Å². The molecule has 0 amide bonds. The Morgan fingerprint density at radius 3 is 2.50 bits per heavy atom. The topological polar surface area (TPSA) is 24.7 Å². The molecular formula is C10H16N2. The molecule has 0 N–H and O–H groups in total. The van der Waals surface area contributed by atoms with Crippen LogP contribution in [-0.2, 0) is 0 Å². The summed E-state index contributed by atoms with van der Waals surface area (Å²) in [6.45, 7) is 9.65. The van der Waals surface area contributed by atoms with Gasteiger partial charge in [0.05, 0.1) is 0 Å². The molecule has 0 spiro atoms. The number of hydrogen-bond donors (Lipinski definition) is 0. The lowest BCUT2D eigenvalue weighted by molar-refractivity contribution is 0.759. The first-order valence-corrected chi connectivity index (χ1v) is 4.05. The van der Waals surface area contributed by atoms with Crippen LogP contribution in [0.4, 0.5) is 0 Å². The van der Waals surface area contributed by atoms with E-state index in [1.54, 1.807) is 18.6 Å². The Bertz CT molecular complexity index is 210. The van der Waals surface area contributed by atoms with E-state index in [-0.39, 0.29) is 0 Å². The van der Waals surface area contributed by atoms with Gasteiger partial charge in [-0.05, 0) is 18.9 Å². The maximum absolute atomic E-state index is 4.17. The van der Waals surface area contributed by atoms with Crippen LogP contribution in [0.3, 0.4) is 0 Å². The molecule has 2 heteroatoms. The molecule has 0 radical (unpaired) electrons. The van der Waals surface area contributed by atoms with Crippen molar-refractivity contribution in [3.8, 4) is 0 Å². The molecule has 66 valence electrons. The molecule has 0 aromatic carbocycles. The second kappa shape index (κ2) is 6.53. The average Bonchev–Trinajstić information content (AvgIpc) is 2.03. The fourth-order valence-electron chi connectivity index (χ4n) is 0.672. The van der Waals surface area contributed by atoms with Crippen molar-refractivity contribution in [3.63, 3.8) is 0 Å². The molecule has 0 aliphatic heterocycles. The summed E-state index contributed by atoms with van der Waals surface area (Å²) in [5, 5.41) is 0. The van der Waals surface area contributed by atoms with Crippen molar-refractivity contribution in [1.82, 2.24) is 0 Å². The fraction of sp³-hybridized carbons (Fsp3) is 0.400. The molecule has 0 aliphatic carbocycles. The summed E-state index contributed by atoms with van der Waals surface area (Å²) >= 11 is 0. The molecule has 0 aliphatic rings. The first-order valence-electron chi connectivity index (χ1n) is 4.05. The molecule has 0 atom stereocenters. The van der Waals surface area contributed by atoms with Crippen LogP contribution < -0.4 is 0 Å². The van der Waals surface area contributed by atoms with Gasteiger partial charge in [0.2, 0.25) is 0 Å². The molecular weight excluding hydrogens is 148 g/mol. The minimum absolute atomic E-state index is 0.409. The van der Waals surface area contributed by atoms with E-state index < -0.39 is 0 Å². The smallest absolute Gasteiger partial charge is 0.115 e. The van der Waals surface area contributed by atoms with Crippen molar-refractivity contribution < 1.29 is 0 Å². The van der Waals surface area contributed by atoms with E-state index in [0.717, 1.165) is 5.70 Å². The lowest BCUT2D eigenvalue weighted by Gasteiger charge is -2.02. The van der Waals surface area contributed by atoms with Gasteiger partial charge in [0.1, 0.15) is 6.34 Å². The summed E-state index contributed by atoms with van der Waals surface area (Å²) in [4.78, 5) is 8.05. The highest BCUT2D eigenvalue weighted by Crippen LogP contribution is 2.09. The van der Waals surface area contributed by atoms with Gasteiger partial charge in [-0.15, -0.1) is 0 Å². The quantitative estimate of drug-likeness (QED) is 0.347. The fourth-order valence-corrected chi connectivity index (χ4v) is 0.672. The third-order valence-electron chi connectivity index (χ3n) is 1.30. The van der Waals surface area contributed by atoms with E-state index in [4.69, 9.17) is 0 Å². The van der Waals surface area contributed by atoms with E-state index in [1.807, 2.05) is 13.0 Å². The molecule has 0 aromatic heterocycles. The van der Waals surface area contributed by atoms with E-state index in [2.05, 4.69) is 30.4 Å². The third-order valence-corrected chi connectivity index (χ3v) is 1.30. The molecule has 0 unspecified atom stereocenters. The summed E-state index contributed by atoms with van der Waals surface area (Å²) in [5.74, 6) is 0.409. The first kappa shape index (κ1) is 10.8. The summed E-state index contributed by atoms with van der Waals surface area (Å²) in [6.07, 6.45) is 6.89. The minimum atomic E-state index is 0.409. The third kappa shape index (κ3) is 4.61. The van der Waals surface area contributed by atoms with E-state index in [9.17, 15) is 0 Å². The Morgan fingerprint density at radius 2 is 2.08 bits per heavy atom. The van der Waals surface area contributed by atoms with Gasteiger partial charge in [-0.2, -0.15) is 0 Å². The summed E-state index contributed by atoms with van der Waals surface area (Å²) in [6, 6.07) is 0. The zero-order valence-electron chi connectivity index (χ0n) is 7.99. The highest BCUT2D eigenvalue weighted by atomic mass is 14.9. The number of hydrogen-bond acceptors (Lipinski definition) is 1. The van der Waals surface area contributed by atoms with Gasteiger partial charge in [0.15, 0.2) is 0 Å². The molecule has 0 heterocycles. The maximum Gasteiger partial charge on any atom is 0.115 e. The van der Waals surface area contributed by atoms with Crippen molar-refractivity contribution in [2.75, 3.05) is 0 Å². The van der Waals surface area contributed by atoms with Crippen LogP contribution in [0.15, 0.2) is 34.4 Å². The Kier molecular flexibility index (Phi) is 5.88. The van der Waals surface area contributed by atoms with Gasteiger partial charge in [-0.1, -0.05) is 26.5 Å². The largest absolute Gasteiger partial charge is 0.250 e. The van der Waals surface area contributed by atoms with Crippen molar-refractivity contribution in [3.05, 3.63) is 24.4 Å². The van der Waals surface area contributed by atoms with Gasteiger partial charge in [-0.3, -0.25) is 0 Å². The average molecular weight is 164 g/mol. The molecule has 2 nitrogen and oxygen atoms in total. The Morgan fingerprint density at radius 1 is 1.42 bits per heavy atom. The summed E-state index contributed by atoms with van der Waals surface area (Å²) in [5.41, 5.74) is 0.996. The van der Waals surface area contributed by atoms with Crippen molar-refractivity contribution >= 4 is 12.6 Å². The van der Waals surface area contributed by atoms with E-state index in [0.29, 0.717) is 5.92 Å². The van der Waals surface area contributed by atoms with Crippen LogP contribution in [0.5, 0.6) is 0 Å². The lowest BCUT2D eigenvalue weighted by atomic mass is 10.1. The zero-order chi connectivity index (χ0) is 9.40. The van der Waals surface area contributed by atoms with Gasteiger partial charge in [0.25, 0.3) is 0 Å².